The lowest BCUT2D eigenvalue weighted by Gasteiger charge is -2.21. The summed E-state index contributed by atoms with van der Waals surface area (Å²) in [5, 5.41) is 9.16. The third-order valence-electron chi connectivity index (χ3n) is 1.64. The summed E-state index contributed by atoms with van der Waals surface area (Å²) in [7, 11) is 0. The molecule has 0 atom stereocenters. The number of nitrogens with one attached hydrogen (secondary N) is 2. The first-order valence-corrected chi connectivity index (χ1v) is 3.37. The molecule has 11 heavy (non-hydrogen) atoms. The van der Waals surface area contributed by atoms with E-state index in [2.05, 4.69) is 15.5 Å². The molecule has 0 unspecified atom stereocenters. The van der Waals surface area contributed by atoms with Crippen LogP contribution in [0.5, 0.6) is 0 Å². The summed E-state index contributed by atoms with van der Waals surface area (Å²) in [4.78, 5) is 10.2. The van der Waals surface area contributed by atoms with E-state index in [4.69, 9.17) is 0 Å². The van der Waals surface area contributed by atoms with Gasteiger partial charge in [-0.15, -0.1) is 0 Å². The van der Waals surface area contributed by atoms with Gasteiger partial charge >= 0.3 is 0 Å². The van der Waals surface area contributed by atoms with Crippen molar-refractivity contribution in [3.8, 4) is 0 Å². The van der Waals surface area contributed by atoms with Crippen molar-refractivity contribution in [2.24, 2.45) is 0 Å². The summed E-state index contributed by atoms with van der Waals surface area (Å²) in [6, 6.07) is 0. The molecule has 1 aromatic heterocycles. The SMILES string of the molecule is CC(C)(NC=O)c1cn[nH]c1. The Morgan fingerprint density at radius 2 is 2.45 bits per heavy atom. The molecule has 0 fully saturated rings. The normalized spacial score (nSPS) is 11.1. The van der Waals surface area contributed by atoms with E-state index in [0.29, 0.717) is 6.41 Å². The first-order chi connectivity index (χ1) is 5.17. The highest BCUT2D eigenvalue weighted by atomic mass is 16.1. The maximum atomic E-state index is 10.2. The molecule has 1 amide bonds. The molecule has 4 nitrogen and oxygen atoms in total. The quantitative estimate of drug-likeness (QED) is 0.617. The summed E-state index contributed by atoms with van der Waals surface area (Å²) < 4.78 is 0. The van der Waals surface area contributed by atoms with Crippen LogP contribution in [0.3, 0.4) is 0 Å². The molecule has 0 aliphatic heterocycles. The van der Waals surface area contributed by atoms with Gasteiger partial charge in [0.25, 0.3) is 0 Å². The average Bonchev–Trinajstić information content (AvgIpc) is 2.37. The molecule has 60 valence electrons. The summed E-state index contributed by atoms with van der Waals surface area (Å²) >= 11 is 0. The minimum Gasteiger partial charge on any atom is -0.350 e. The molecule has 0 aromatic carbocycles. The summed E-state index contributed by atoms with van der Waals surface area (Å²) in [6.45, 7) is 3.82. The fourth-order valence-electron chi connectivity index (χ4n) is 0.823. The van der Waals surface area contributed by atoms with Gasteiger partial charge in [-0.3, -0.25) is 9.89 Å². The number of hydrogen-bond donors (Lipinski definition) is 2. The van der Waals surface area contributed by atoms with E-state index in [1.807, 2.05) is 13.8 Å². The van der Waals surface area contributed by atoms with Crippen LogP contribution in [0.15, 0.2) is 12.4 Å². The van der Waals surface area contributed by atoms with Crippen LogP contribution >= 0.6 is 0 Å². The van der Waals surface area contributed by atoms with Crippen LogP contribution < -0.4 is 5.32 Å². The molecule has 0 spiro atoms. The van der Waals surface area contributed by atoms with Crippen molar-refractivity contribution < 1.29 is 4.79 Å². The monoisotopic (exact) mass is 153 g/mol. The fraction of sp³-hybridized carbons (Fsp3) is 0.429. The Kier molecular flexibility index (Phi) is 1.94. The number of carbonyl (C=O) groups excluding carboxylic acids is 1. The Morgan fingerprint density at radius 3 is 2.91 bits per heavy atom. The molecular formula is C7H11N3O. The van der Waals surface area contributed by atoms with Crippen molar-refractivity contribution in [3.63, 3.8) is 0 Å². The molecule has 4 heteroatoms. The summed E-state index contributed by atoms with van der Waals surface area (Å²) in [5.41, 5.74) is 0.624. The van der Waals surface area contributed by atoms with Gasteiger partial charge in [0.05, 0.1) is 11.7 Å². The molecule has 0 saturated carbocycles. The molecule has 2 N–H and O–H groups in total. The Balaban J connectivity index is 2.81. The third-order valence-corrected chi connectivity index (χ3v) is 1.64. The molecule has 1 rings (SSSR count). The smallest absolute Gasteiger partial charge is 0.207 e. The van der Waals surface area contributed by atoms with Gasteiger partial charge in [-0.1, -0.05) is 0 Å². The van der Waals surface area contributed by atoms with Gasteiger partial charge in [0.2, 0.25) is 6.41 Å². The first-order valence-electron chi connectivity index (χ1n) is 3.37. The van der Waals surface area contributed by atoms with Gasteiger partial charge in [-0.05, 0) is 13.8 Å². The highest BCUT2D eigenvalue weighted by molar-refractivity contribution is 5.48. The average molecular weight is 153 g/mol. The second-order valence-corrected chi connectivity index (χ2v) is 2.87. The van der Waals surface area contributed by atoms with Crippen LogP contribution in [0.1, 0.15) is 19.4 Å². The van der Waals surface area contributed by atoms with Crippen LogP contribution in [0, 0.1) is 0 Å². The number of H-pyrrole nitrogens is 1. The molecular weight excluding hydrogens is 142 g/mol. The molecule has 1 heterocycles. The number of hydrogen-bond acceptors (Lipinski definition) is 2. The Bertz CT molecular complexity index is 228. The van der Waals surface area contributed by atoms with Crippen molar-refractivity contribution in [2.75, 3.05) is 0 Å². The minimum absolute atomic E-state index is 0.339. The zero-order valence-electron chi connectivity index (χ0n) is 6.59. The van der Waals surface area contributed by atoms with Gasteiger partial charge in [0.1, 0.15) is 0 Å². The van der Waals surface area contributed by atoms with Gasteiger partial charge < -0.3 is 5.32 Å². The van der Waals surface area contributed by atoms with E-state index in [9.17, 15) is 4.79 Å². The van der Waals surface area contributed by atoms with Gasteiger partial charge in [-0.2, -0.15) is 5.10 Å². The maximum absolute atomic E-state index is 10.2. The molecule has 0 saturated heterocycles. The molecule has 0 bridgehead atoms. The predicted octanol–water partition coefficient (Wildman–Crippen LogP) is 0.391. The number of amides is 1. The number of carbonyl (C=O) groups is 1. The number of aromatic amines is 1. The number of nitrogens with zero attached hydrogens (tertiary/aromatic N) is 1. The van der Waals surface area contributed by atoms with Crippen LogP contribution in [0.2, 0.25) is 0 Å². The van der Waals surface area contributed by atoms with E-state index in [0.717, 1.165) is 5.56 Å². The second kappa shape index (κ2) is 2.74. The summed E-state index contributed by atoms with van der Waals surface area (Å²) in [5.74, 6) is 0. The standard InChI is InChI=1S/C7H11N3O/c1-7(2,8-5-11)6-3-9-10-4-6/h3-5H,1-2H3,(H,8,11)(H,9,10). The van der Waals surface area contributed by atoms with Crippen molar-refractivity contribution in [3.05, 3.63) is 18.0 Å². The van der Waals surface area contributed by atoms with Gasteiger partial charge in [-0.25, -0.2) is 0 Å². The zero-order valence-corrected chi connectivity index (χ0v) is 6.59. The van der Waals surface area contributed by atoms with Crippen LogP contribution in [0.4, 0.5) is 0 Å². The van der Waals surface area contributed by atoms with Crippen molar-refractivity contribution in [1.82, 2.24) is 15.5 Å². The highest BCUT2D eigenvalue weighted by Crippen LogP contribution is 2.16. The number of aromatic nitrogens is 2. The minimum atomic E-state index is -0.339. The largest absolute Gasteiger partial charge is 0.350 e. The molecule has 1 aromatic rings. The number of rotatable bonds is 3. The van der Waals surface area contributed by atoms with Crippen LogP contribution in [-0.2, 0) is 10.3 Å². The van der Waals surface area contributed by atoms with E-state index in [1.165, 1.54) is 0 Å². The fourth-order valence-corrected chi connectivity index (χ4v) is 0.823. The Hall–Kier alpha value is -1.32. The lowest BCUT2D eigenvalue weighted by molar-refractivity contribution is -0.111. The van der Waals surface area contributed by atoms with Crippen LogP contribution in [0.25, 0.3) is 0 Å². The Morgan fingerprint density at radius 1 is 1.73 bits per heavy atom. The highest BCUT2D eigenvalue weighted by Gasteiger charge is 2.19. The second-order valence-electron chi connectivity index (χ2n) is 2.87. The van der Waals surface area contributed by atoms with Crippen molar-refractivity contribution >= 4 is 6.41 Å². The lowest BCUT2D eigenvalue weighted by atomic mass is 9.98. The van der Waals surface area contributed by atoms with E-state index in [1.54, 1.807) is 12.4 Å². The van der Waals surface area contributed by atoms with Crippen molar-refractivity contribution in [2.45, 2.75) is 19.4 Å². The van der Waals surface area contributed by atoms with E-state index >= 15 is 0 Å². The van der Waals surface area contributed by atoms with E-state index in [-0.39, 0.29) is 5.54 Å². The lowest BCUT2D eigenvalue weighted by Crippen LogP contribution is -2.34. The molecule has 0 aliphatic rings. The van der Waals surface area contributed by atoms with Gasteiger partial charge in [0, 0.05) is 11.8 Å². The predicted molar refractivity (Wildman–Crippen MR) is 40.8 cm³/mol. The first kappa shape index (κ1) is 7.78. The summed E-state index contributed by atoms with van der Waals surface area (Å²) in [6.07, 6.45) is 4.14. The molecule has 0 aliphatic carbocycles. The molecule has 0 radical (unpaired) electrons. The Labute approximate surface area is 65.0 Å². The topological polar surface area (TPSA) is 57.8 Å². The van der Waals surface area contributed by atoms with Crippen LogP contribution in [-0.4, -0.2) is 16.6 Å². The van der Waals surface area contributed by atoms with Gasteiger partial charge in [0.15, 0.2) is 0 Å². The van der Waals surface area contributed by atoms with E-state index < -0.39 is 0 Å². The third kappa shape index (κ3) is 1.58. The maximum Gasteiger partial charge on any atom is 0.207 e. The zero-order chi connectivity index (χ0) is 8.32. The van der Waals surface area contributed by atoms with Crippen molar-refractivity contribution in [1.29, 1.82) is 0 Å².